The second-order valence-corrected chi connectivity index (χ2v) is 4.97. The summed E-state index contributed by atoms with van der Waals surface area (Å²) in [4.78, 5) is 24.2. The molecular weight excluding hydrogens is 264 g/mol. The molecule has 0 bridgehead atoms. The quantitative estimate of drug-likeness (QED) is 0.599. The number of hydrogen-bond donors (Lipinski definition) is 0. The molecule has 6 nitrogen and oxygen atoms in total. The van der Waals surface area contributed by atoms with Gasteiger partial charge in [-0.05, 0) is 12.1 Å². The van der Waals surface area contributed by atoms with Crippen molar-refractivity contribution in [3.05, 3.63) is 24.2 Å². The number of hydrogen-bond acceptors (Lipinski definition) is 6. The number of ketones is 1. The molecule has 1 aliphatic heterocycles. The number of methoxy groups -OCH3 is 1. The zero-order chi connectivity index (χ0) is 14.2. The largest absolute Gasteiger partial charge is 0.469 e. The zero-order valence-corrected chi connectivity index (χ0v) is 11.2. The smallest absolute Gasteiger partial charge is 0.317 e. The fourth-order valence-corrected chi connectivity index (χ4v) is 3.09. The van der Waals surface area contributed by atoms with E-state index >= 15 is 0 Å². The minimum Gasteiger partial charge on any atom is -0.469 e. The van der Waals surface area contributed by atoms with Gasteiger partial charge in [-0.25, -0.2) is 0 Å². The van der Waals surface area contributed by atoms with Crippen molar-refractivity contribution in [3.8, 4) is 0 Å². The predicted octanol–water partition coefficient (Wildman–Crippen LogP) is 1.26. The Kier molecular flexibility index (Phi) is 3.35. The highest BCUT2D eigenvalue weighted by Gasteiger charge is 2.57. The minimum atomic E-state index is -0.968. The predicted molar refractivity (Wildman–Crippen MR) is 65.8 cm³/mol. The van der Waals surface area contributed by atoms with Gasteiger partial charge in [0, 0.05) is 12.8 Å². The molecule has 2 unspecified atom stereocenters. The van der Waals surface area contributed by atoms with E-state index in [1.165, 1.54) is 13.4 Å². The molecule has 1 aromatic heterocycles. The summed E-state index contributed by atoms with van der Waals surface area (Å²) < 4.78 is 21.7. The average molecular weight is 280 g/mol. The molecule has 20 heavy (non-hydrogen) atoms. The Morgan fingerprint density at radius 3 is 2.75 bits per heavy atom. The lowest BCUT2D eigenvalue weighted by atomic mass is 9.72. The molecule has 0 radical (unpaired) electrons. The molecular formula is C14H16O6. The third-order valence-corrected chi connectivity index (χ3v) is 3.95. The number of rotatable bonds is 2. The lowest BCUT2D eigenvalue weighted by molar-refractivity contribution is -0.209. The first-order valence-corrected chi connectivity index (χ1v) is 6.60. The molecule has 1 saturated heterocycles. The summed E-state index contributed by atoms with van der Waals surface area (Å²) in [5, 5.41) is 0. The molecule has 0 N–H and O–H groups in total. The van der Waals surface area contributed by atoms with Crippen LogP contribution in [0.3, 0.4) is 0 Å². The molecule has 1 aromatic rings. The first-order chi connectivity index (χ1) is 9.68. The van der Waals surface area contributed by atoms with Crippen molar-refractivity contribution in [3.63, 3.8) is 0 Å². The molecule has 3 rings (SSSR count). The molecule has 2 aliphatic rings. The number of carbonyl (C=O) groups is 2. The van der Waals surface area contributed by atoms with E-state index in [1.54, 1.807) is 12.1 Å². The molecule has 2 atom stereocenters. The molecule has 0 amide bonds. The maximum atomic E-state index is 12.2. The summed E-state index contributed by atoms with van der Waals surface area (Å²) >= 11 is 0. The van der Waals surface area contributed by atoms with E-state index in [9.17, 15) is 9.59 Å². The van der Waals surface area contributed by atoms with E-state index in [0.717, 1.165) is 0 Å². The van der Waals surface area contributed by atoms with Gasteiger partial charge >= 0.3 is 5.97 Å². The Bertz CT molecular complexity index is 492. The van der Waals surface area contributed by atoms with Gasteiger partial charge in [0.1, 0.15) is 17.5 Å². The summed E-state index contributed by atoms with van der Waals surface area (Å²) in [6.45, 7) is 0.887. The third-order valence-electron chi connectivity index (χ3n) is 3.95. The van der Waals surface area contributed by atoms with E-state index in [4.69, 9.17) is 18.6 Å². The van der Waals surface area contributed by atoms with Gasteiger partial charge in [-0.3, -0.25) is 9.59 Å². The van der Waals surface area contributed by atoms with Gasteiger partial charge in [0.15, 0.2) is 5.79 Å². The molecule has 2 heterocycles. The van der Waals surface area contributed by atoms with Crippen molar-refractivity contribution in [2.75, 3.05) is 20.3 Å². The van der Waals surface area contributed by atoms with Gasteiger partial charge in [-0.1, -0.05) is 0 Å². The van der Waals surface area contributed by atoms with Crippen LogP contribution in [-0.4, -0.2) is 37.9 Å². The van der Waals surface area contributed by atoms with Crippen LogP contribution in [0, 0.1) is 5.92 Å². The number of furan rings is 1. The standard InChI is InChI=1S/C14H16O6/c1-17-13(16)11-9(15)4-5-14(19-7-8-20-14)12(11)10-3-2-6-18-10/h2-3,6,11-12H,4-5,7-8H2,1H3. The second-order valence-electron chi connectivity index (χ2n) is 4.97. The Morgan fingerprint density at radius 1 is 1.40 bits per heavy atom. The van der Waals surface area contributed by atoms with Crippen LogP contribution in [0.5, 0.6) is 0 Å². The first kappa shape index (κ1) is 13.3. The van der Waals surface area contributed by atoms with E-state index < -0.39 is 23.6 Å². The van der Waals surface area contributed by atoms with Gasteiger partial charge in [-0.15, -0.1) is 0 Å². The van der Waals surface area contributed by atoms with Crippen LogP contribution in [0.2, 0.25) is 0 Å². The van der Waals surface area contributed by atoms with Crippen LogP contribution in [0.25, 0.3) is 0 Å². The number of carbonyl (C=O) groups excluding carboxylic acids is 2. The van der Waals surface area contributed by atoms with Crippen molar-refractivity contribution < 1.29 is 28.2 Å². The Balaban J connectivity index is 2.05. The first-order valence-electron chi connectivity index (χ1n) is 6.60. The molecule has 6 heteroatoms. The van der Waals surface area contributed by atoms with Gasteiger partial charge in [0.05, 0.1) is 32.5 Å². The van der Waals surface area contributed by atoms with Crippen LogP contribution < -0.4 is 0 Å². The number of Topliss-reactive ketones (excluding diaryl/α,β-unsaturated/α-hetero) is 1. The van der Waals surface area contributed by atoms with Crippen LogP contribution >= 0.6 is 0 Å². The topological polar surface area (TPSA) is 75.0 Å². The highest BCUT2D eigenvalue weighted by Crippen LogP contribution is 2.48. The summed E-state index contributed by atoms with van der Waals surface area (Å²) in [6, 6.07) is 3.44. The fourth-order valence-electron chi connectivity index (χ4n) is 3.09. The van der Waals surface area contributed by atoms with Gasteiger partial charge in [0.2, 0.25) is 0 Å². The van der Waals surface area contributed by atoms with Crippen LogP contribution in [-0.2, 0) is 23.8 Å². The maximum Gasteiger partial charge on any atom is 0.317 e. The highest BCUT2D eigenvalue weighted by atomic mass is 16.7. The lowest BCUT2D eigenvalue weighted by Gasteiger charge is -2.40. The fraction of sp³-hybridized carbons (Fsp3) is 0.571. The normalized spacial score (nSPS) is 28.8. The van der Waals surface area contributed by atoms with Gasteiger partial charge in [-0.2, -0.15) is 0 Å². The Hall–Kier alpha value is -1.66. The summed E-state index contributed by atoms with van der Waals surface area (Å²) in [5.74, 6) is -2.75. The van der Waals surface area contributed by atoms with Gasteiger partial charge < -0.3 is 18.6 Å². The monoisotopic (exact) mass is 280 g/mol. The van der Waals surface area contributed by atoms with Gasteiger partial charge in [0.25, 0.3) is 0 Å². The summed E-state index contributed by atoms with van der Waals surface area (Å²) in [7, 11) is 1.27. The van der Waals surface area contributed by atoms with Crippen LogP contribution in [0.1, 0.15) is 24.5 Å². The van der Waals surface area contributed by atoms with Crippen LogP contribution in [0.4, 0.5) is 0 Å². The van der Waals surface area contributed by atoms with Crippen molar-refractivity contribution in [2.45, 2.75) is 24.5 Å². The van der Waals surface area contributed by atoms with E-state index in [1.807, 2.05) is 0 Å². The molecule has 1 saturated carbocycles. The van der Waals surface area contributed by atoms with Crippen molar-refractivity contribution in [1.82, 2.24) is 0 Å². The van der Waals surface area contributed by atoms with E-state index in [-0.39, 0.29) is 12.2 Å². The molecule has 1 spiro atoms. The Morgan fingerprint density at radius 2 is 2.15 bits per heavy atom. The molecule has 108 valence electrons. The summed E-state index contributed by atoms with van der Waals surface area (Å²) in [6.07, 6.45) is 2.16. The van der Waals surface area contributed by atoms with E-state index in [0.29, 0.717) is 25.4 Å². The maximum absolute atomic E-state index is 12.2. The second kappa shape index (κ2) is 5.03. The van der Waals surface area contributed by atoms with Crippen molar-refractivity contribution >= 4 is 11.8 Å². The number of ether oxygens (including phenoxy) is 3. The zero-order valence-electron chi connectivity index (χ0n) is 11.2. The summed E-state index contributed by atoms with van der Waals surface area (Å²) in [5.41, 5.74) is 0. The lowest BCUT2D eigenvalue weighted by Crippen LogP contribution is -2.50. The van der Waals surface area contributed by atoms with E-state index in [2.05, 4.69) is 0 Å². The van der Waals surface area contributed by atoms with Crippen LogP contribution in [0.15, 0.2) is 22.8 Å². The molecule has 2 fully saturated rings. The Labute approximate surface area is 116 Å². The SMILES string of the molecule is COC(=O)C1C(=O)CCC2(OCCO2)C1c1ccco1. The molecule has 0 aromatic carbocycles. The van der Waals surface area contributed by atoms with Crippen molar-refractivity contribution in [1.29, 1.82) is 0 Å². The highest BCUT2D eigenvalue weighted by molar-refractivity contribution is 6.00. The number of esters is 1. The third kappa shape index (κ3) is 1.96. The molecule has 1 aliphatic carbocycles. The average Bonchev–Trinajstić information content (AvgIpc) is 3.13. The van der Waals surface area contributed by atoms with Crippen molar-refractivity contribution in [2.24, 2.45) is 5.92 Å². The minimum absolute atomic E-state index is 0.164.